The number of aliphatic hydroxyl groups excluding tert-OH is 1. The van der Waals surface area contributed by atoms with E-state index in [0.717, 1.165) is 30.8 Å². The van der Waals surface area contributed by atoms with Crippen molar-refractivity contribution in [1.82, 2.24) is 10.2 Å². The van der Waals surface area contributed by atoms with Gasteiger partial charge < -0.3 is 15.3 Å². The first-order valence-corrected chi connectivity index (χ1v) is 8.94. The first-order chi connectivity index (χ1) is 11.1. The van der Waals surface area contributed by atoms with Crippen LogP contribution in [-0.2, 0) is 10.3 Å². The second-order valence-electron chi connectivity index (χ2n) is 6.78. The number of likely N-dealkylation sites (tertiary alicyclic amines) is 1. The molecule has 0 spiro atoms. The number of β-amino-alcohol motifs (C(OH)–C–C–N with tert-alkyl or cyclic N) is 1. The number of amides is 1. The lowest BCUT2D eigenvalue weighted by Gasteiger charge is -2.33. The van der Waals surface area contributed by atoms with Gasteiger partial charge in [0, 0.05) is 36.6 Å². The SMILES string of the molecule is O=C1CCCN1C[C@@H](O)CNC1(c2cccc(Cl)c2)CCCC1. The van der Waals surface area contributed by atoms with E-state index in [1.54, 1.807) is 4.90 Å². The van der Waals surface area contributed by atoms with Gasteiger partial charge in [-0.3, -0.25) is 4.79 Å². The van der Waals surface area contributed by atoms with Crippen molar-refractivity contribution >= 4 is 17.5 Å². The van der Waals surface area contributed by atoms with Gasteiger partial charge in [-0.1, -0.05) is 36.6 Å². The van der Waals surface area contributed by atoms with Gasteiger partial charge in [0.05, 0.1) is 6.10 Å². The Morgan fingerprint density at radius 1 is 1.30 bits per heavy atom. The van der Waals surface area contributed by atoms with Gasteiger partial charge in [-0.25, -0.2) is 0 Å². The fourth-order valence-corrected chi connectivity index (χ4v) is 4.05. The normalized spacial score (nSPS) is 21.8. The van der Waals surface area contributed by atoms with Crippen LogP contribution < -0.4 is 5.32 Å². The molecule has 2 N–H and O–H groups in total. The van der Waals surface area contributed by atoms with E-state index in [9.17, 15) is 9.90 Å². The molecule has 1 saturated carbocycles. The number of carbonyl (C=O) groups excluding carboxylic acids is 1. The molecule has 0 aromatic heterocycles. The molecule has 2 aliphatic rings. The third-order valence-electron chi connectivity index (χ3n) is 5.11. The first kappa shape index (κ1) is 16.7. The highest BCUT2D eigenvalue weighted by atomic mass is 35.5. The Bertz CT molecular complexity index is 558. The molecule has 0 bridgehead atoms. The van der Waals surface area contributed by atoms with E-state index >= 15 is 0 Å². The van der Waals surface area contributed by atoms with E-state index in [1.165, 1.54) is 18.4 Å². The van der Waals surface area contributed by atoms with Gasteiger partial charge >= 0.3 is 0 Å². The molecular weight excluding hydrogens is 312 g/mol. The lowest BCUT2D eigenvalue weighted by Crippen LogP contribution is -2.46. The van der Waals surface area contributed by atoms with Crippen molar-refractivity contribution in [1.29, 1.82) is 0 Å². The number of benzene rings is 1. The standard InChI is InChI=1S/C18H25ClN2O2/c19-15-6-3-5-14(11-15)18(8-1-2-9-18)20-12-16(22)13-21-10-4-7-17(21)23/h3,5-6,11,16,20,22H,1-2,4,7-10,12-13H2/t16-/m0/s1. The number of rotatable bonds is 6. The topological polar surface area (TPSA) is 52.6 Å². The van der Waals surface area contributed by atoms with Crippen molar-refractivity contribution in [3.8, 4) is 0 Å². The molecule has 1 atom stereocenters. The summed E-state index contributed by atoms with van der Waals surface area (Å²) in [6.07, 6.45) is 5.47. The van der Waals surface area contributed by atoms with Crippen LogP contribution in [0.15, 0.2) is 24.3 Å². The summed E-state index contributed by atoms with van der Waals surface area (Å²) in [5.74, 6) is 0.162. The maximum atomic E-state index is 11.7. The quantitative estimate of drug-likeness (QED) is 0.839. The number of halogens is 1. The Balaban J connectivity index is 1.62. The zero-order valence-electron chi connectivity index (χ0n) is 13.4. The van der Waals surface area contributed by atoms with Crippen molar-refractivity contribution in [2.24, 2.45) is 0 Å². The first-order valence-electron chi connectivity index (χ1n) is 8.56. The monoisotopic (exact) mass is 336 g/mol. The van der Waals surface area contributed by atoms with Gasteiger partial charge in [0.2, 0.25) is 5.91 Å². The van der Waals surface area contributed by atoms with Crippen molar-refractivity contribution in [3.05, 3.63) is 34.9 Å². The third kappa shape index (κ3) is 3.87. The lowest BCUT2D eigenvalue weighted by atomic mass is 9.88. The number of nitrogens with one attached hydrogen (secondary N) is 1. The van der Waals surface area contributed by atoms with Crippen LogP contribution in [0.25, 0.3) is 0 Å². The number of aliphatic hydroxyl groups is 1. The molecule has 5 heteroatoms. The van der Waals surface area contributed by atoms with E-state index in [4.69, 9.17) is 11.6 Å². The molecule has 1 aromatic carbocycles. The van der Waals surface area contributed by atoms with E-state index in [1.807, 2.05) is 18.2 Å². The molecule has 2 fully saturated rings. The molecule has 1 aromatic rings. The number of hydrogen-bond acceptors (Lipinski definition) is 3. The van der Waals surface area contributed by atoms with E-state index in [2.05, 4.69) is 11.4 Å². The molecule has 4 nitrogen and oxygen atoms in total. The van der Waals surface area contributed by atoms with Crippen LogP contribution in [0.5, 0.6) is 0 Å². The van der Waals surface area contributed by atoms with Crippen molar-refractivity contribution < 1.29 is 9.90 Å². The molecule has 126 valence electrons. The molecular formula is C18H25ClN2O2. The number of hydrogen-bond donors (Lipinski definition) is 2. The van der Waals surface area contributed by atoms with Crippen molar-refractivity contribution in [3.63, 3.8) is 0 Å². The minimum atomic E-state index is -0.534. The van der Waals surface area contributed by atoms with Crippen LogP contribution in [0.2, 0.25) is 5.02 Å². The van der Waals surface area contributed by atoms with Gasteiger partial charge in [0.1, 0.15) is 0 Å². The van der Waals surface area contributed by atoms with Crippen molar-refractivity contribution in [2.45, 2.75) is 50.2 Å². The smallest absolute Gasteiger partial charge is 0.222 e. The van der Waals surface area contributed by atoms with E-state index in [0.29, 0.717) is 19.5 Å². The zero-order chi connectivity index (χ0) is 16.3. The fourth-order valence-electron chi connectivity index (χ4n) is 3.86. The largest absolute Gasteiger partial charge is 0.390 e. The van der Waals surface area contributed by atoms with E-state index < -0.39 is 6.10 Å². The third-order valence-corrected chi connectivity index (χ3v) is 5.35. The molecule has 1 amide bonds. The van der Waals surface area contributed by atoms with Gasteiger partial charge in [-0.05, 0) is 37.0 Å². The Kier molecular flexibility index (Phi) is 5.24. The Morgan fingerprint density at radius 3 is 2.74 bits per heavy atom. The summed E-state index contributed by atoms with van der Waals surface area (Å²) in [7, 11) is 0. The summed E-state index contributed by atoms with van der Waals surface area (Å²) >= 11 is 6.16. The molecule has 0 radical (unpaired) electrons. The van der Waals surface area contributed by atoms with Crippen LogP contribution >= 0.6 is 11.6 Å². The average Bonchev–Trinajstić information content (AvgIpc) is 3.16. The van der Waals surface area contributed by atoms with Gasteiger partial charge in [0.15, 0.2) is 0 Å². The maximum Gasteiger partial charge on any atom is 0.222 e. The summed E-state index contributed by atoms with van der Waals surface area (Å²) in [5, 5.41) is 14.7. The van der Waals surface area contributed by atoms with Gasteiger partial charge in [-0.15, -0.1) is 0 Å². The zero-order valence-corrected chi connectivity index (χ0v) is 14.2. The van der Waals surface area contributed by atoms with E-state index in [-0.39, 0.29) is 11.4 Å². The predicted molar refractivity (Wildman–Crippen MR) is 91.4 cm³/mol. The molecule has 3 rings (SSSR count). The molecule has 1 aliphatic carbocycles. The number of carbonyl (C=O) groups is 1. The fraction of sp³-hybridized carbons (Fsp3) is 0.611. The van der Waals surface area contributed by atoms with Crippen molar-refractivity contribution in [2.75, 3.05) is 19.6 Å². The lowest BCUT2D eigenvalue weighted by molar-refractivity contribution is -0.128. The minimum absolute atomic E-state index is 0.0963. The van der Waals surface area contributed by atoms with Gasteiger partial charge in [-0.2, -0.15) is 0 Å². The second-order valence-corrected chi connectivity index (χ2v) is 7.21. The Labute approximate surface area is 142 Å². The summed E-state index contributed by atoms with van der Waals surface area (Å²) in [5.41, 5.74) is 1.10. The molecule has 23 heavy (non-hydrogen) atoms. The van der Waals surface area contributed by atoms with Gasteiger partial charge in [0.25, 0.3) is 0 Å². The average molecular weight is 337 g/mol. The highest BCUT2D eigenvalue weighted by Gasteiger charge is 2.36. The van der Waals surface area contributed by atoms with Crippen LogP contribution in [-0.4, -0.2) is 41.7 Å². The van der Waals surface area contributed by atoms with Crippen LogP contribution in [0, 0.1) is 0 Å². The highest BCUT2D eigenvalue weighted by Crippen LogP contribution is 2.39. The summed E-state index contributed by atoms with van der Waals surface area (Å²) < 4.78 is 0. The minimum Gasteiger partial charge on any atom is -0.390 e. The summed E-state index contributed by atoms with van der Waals surface area (Å²) in [4.78, 5) is 13.4. The maximum absolute atomic E-state index is 11.7. The van der Waals surface area contributed by atoms with Crippen LogP contribution in [0.4, 0.5) is 0 Å². The van der Waals surface area contributed by atoms with Crippen LogP contribution in [0.1, 0.15) is 44.1 Å². The molecule has 0 unspecified atom stereocenters. The Hall–Kier alpha value is -1.10. The molecule has 1 saturated heterocycles. The number of nitrogens with zero attached hydrogens (tertiary/aromatic N) is 1. The predicted octanol–water partition coefficient (Wildman–Crippen LogP) is 2.68. The highest BCUT2D eigenvalue weighted by molar-refractivity contribution is 6.30. The van der Waals surface area contributed by atoms with Crippen LogP contribution in [0.3, 0.4) is 0 Å². The molecule has 1 aliphatic heterocycles. The summed E-state index contributed by atoms with van der Waals surface area (Å²) in [6, 6.07) is 8.01. The second kappa shape index (κ2) is 7.20. The molecule has 1 heterocycles. The Morgan fingerprint density at radius 2 is 2.09 bits per heavy atom. The summed E-state index contributed by atoms with van der Waals surface area (Å²) in [6.45, 7) is 1.70.